The third-order valence-corrected chi connectivity index (χ3v) is 5.74. The number of nitrogens with one attached hydrogen (secondary N) is 2. The normalized spacial score (nSPS) is 11.8. The zero-order valence-electron chi connectivity index (χ0n) is 17.2. The molecule has 9 heteroatoms. The van der Waals surface area contributed by atoms with Gasteiger partial charge in [-0.3, -0.25) is 9.59 Å². The van der Waals surface area contributed by atoms with E-state index in [1.54, 1.807) is 54.6 Å². The topological polar surface area (TPSA) is 75.1 Å². The third kappa shape index (κ3) is 3.92. The number of rotatable bonds is 3. The van der Waals surface area contributed by atoms with Crippen molar-refractivity contribution in [3.05, 3.63) is 99.3 Å². The fraction of sp³-hybridized carbons (Fsp3) is 0.0400. The molecule has 0 spiro atoms. The highest BCUT2D eigenvalue weighted by Crippen LogP contribution is 2.42. The number of pyridine rings is 1. The van der Waals surface area contributed by atoms with Gasteiger partial charge in [-0.15, -0.1) is 0 Å². The first-order valence-corrected chi connectivity index (χ1v) is 10.4. The maximum absolute atomic E-state index is 13.7. The van der Waals surface area contributed by atoms with E-state index in [0.717, 1.165) is 18.2 Å². The highest BCUT2D eigenvalue weighted by molar-refractivity contribution is 6.36. The summed E-state index contributed by atoms with van der Waals surface area (Å²) in [4.78, 5) is 27.7. The number of benzene rings is 3. The molecule has 0 saturated heterocycles. The van der Waals surface area contributed by atoms with Gasteiger partial charge in [-0.2, -0.15) is 13.2 Å². The van der Waals surface area contributed by atoms with Crippen LogP contribution < -0.4 is 10.9 Å². The number of fused-ring (bicyclic) bond motifs is 2. The number of amides is 1. The van der Waals surface area contributed by atoms with Gasteiger partial charge in [0.2, 0.25) is 5.56 Å². The Morgan fingerprint density at radius 2 is 1.71 bits per heavy atom. The number of aromatic nitrogens is 1. The summed E-state index contributed by atoms with van der Waals surface area (Å²) in [5.74, 6) is -0.659. The van der Waals surface area contributed by atoms with Crippen LogP contribution in [0.2, 0.25) is 5.02 Å². The number of para-hydroxylation sites is 2. The third-order valence-electron chi connectivity index (χ3n) is 5.33. The molecule has 0 saturated carbocycles. The Morgan fingerprint density at radius 1 is 0.971 bits per heavy atom. The Kier molecular flexibility index (Phi) is 5.17. The molecular formula is C25H14ClF3N2O3. The fourth-order valence-corrected chi connectivity index (χ4v) is 4.00. The lowest BCUT2D eigenvalue weighted by Gasteiger charge is -2.15. The van der Waals surface area contributed by atoms with Crippen molar-refractivity contribution in [1.82, 2.24) is 4.98 Å². The molecule has 0 bridgehead atoms. The number of carbonyl (C=O) groups excluding carboxylic acids is 1. The molecule has 5 rings (SSSR count). The number of alkyl halides is 3. The maximum atomic E-state index is 13.7. The quantitative estimate of drug-likeness (QED) is 0.295. The lowest BCUT2D eigenvalue weighted by molar-refractivity contribution is -0.137. The van der Waals surface area contributed by atoms with Crippen LogP contribution in [0.1, 0.15) is 15.9 Å². The molecular weight excluding hydrogens is 469 g/mol. The molecule has 0 aliphatic carbocycles. The molecule has 5 aromatic rings. The number of hydrogen-bond donors (Lipinski definition) is 2. The minimum atomic E-state index is -4.71. The van der Waals surface area contributed by atoms with E-state index in [1.807, 2.05) is 0 Å². The van der Waals surface area contributed by atoms with Gasteiger partial charge in [0.15, 0.2) is 0 Å². The van der Waals surface area contributed by atoms with Gasteiger partial charge in [0.1, 0.15) is 11.3 Å². The standard InChI is InChI=1S/C25H14ClF3N2O3/c26-23-17(21-9-13-5-1-4-8-20(13)34-21)10-14(25(27,28)29)11-19(23)31-24(33)16-12-22(32)30-18-7-3-2-6-15(16)18/h1-12H,(H,30,32)(H,31,33). The van der Waals surface area contributed by atoms with Crippen LogP contribution in [0.4, 0.5) is 18.9 Å². The highest BCUT2D eigenvalue weighted by Gasteiger charge is 2.33. The molecule has 2 aromatic heterocycles. The number of anilines is 1. The monoisotopic (exact) mass is 482 g/mol. The van der Waals surface area contributed by atoms with Crippen LogP contribution in [0, 0.1) is 0 Å². The number of carbonyl (C=O) groups is 1. The van der Waals surface area contributed by atoms with Crippen LogP contribution in [-0.4, -0.2) is 10.9 Å². The minimum absolute atomic E-state index is 0.00174. The SMILES string of the molecule is O=C(Nc1cc(C(F)(F)F)cc(-c2cc3ccccc3o2)c1Cl)c1cc(=O)[nH]c2ccccc12. The van der Waals surface area contributed by atoms with Gasteiger partial charge in [0.25, 0.3) is 5.91 Å². The summed E-state index contributed by atoms with van der Waals surface area (Å²) in [6.45, 7) is 0. The molecule has 170 valence electrons. The van der Waals surface area contributed by atoms with Crippen molar-refractivity contribution in [1.29, 1.82) is 0 Å². The van der Waals surface area contributed by atoms with E-state index in [2.05, 4.69) is 10.3 Å². The lowest BCUT2D eigenvalue weighted by Crippen LogP contribution is -2.18. The van der Waals surface area contributed by atoms with E-state index in [9.17, 15) is 22.8 Å². The summed E-state index contributed by atoms with van der Waals surface area (Å²) in [6, 6.07) is 17.8. The predicted octanol–water partition coefficient (Wildman–Crippen LogP) is 6.87. The van der Waals surface area contributed by atoms with E-state index >= 15 is 0 Å². The first-order valence-electron chi connectivity index (χ1n) is 10.0. The fourth-order valence-electron chi connectivity index (χ4n) is 3.76. The number of hydrogen-bond acceptors (Lipinski definition) is 3. The lowest BCUT2D eigenvalue weighted by atomic mass is 10.0. The first-order chi connectivity index (χ1) is 16.2. The van der Waals surface area contributed by atoms with E-state index in [1.165, 1.54) is 0 Å². The number of H-pyrrole nitrogens is 1. The second-order valence-corrected chi connectivity index (χ2v) is 7.96. The second kappa shape index (κ2) is 8.07. The number of aromatic amines is 1. The predicted molar refractivity (Wildman–Crippen MR) is 124 cm³/mol. The van der Waals surface area contributed by atoms with Crippen LogP contribution in [0.25, 0.3) is 33.2 Å². The molecule has 0 aliphatic rings. The molecule has 0 radical (unpaired) electrons. The smallest absolute Gasteiger partial charge is 0.416 e. The Balaban J connectivity index is 1.64. The first kappa shape index (κ1) is 21.8. The van der Waals surface area contributed by atoms with E-state index in [-0.39, 0.29) is 27.6 Å². The largest absolute Gasteiger partial charge is 0.456 e. The second-order valence-electron chi connectivity index (χ2n) is 7.58. The zero-order valence-corrected chi connectivity index (χ0v) is 17.9. The summed E-state index contributed by atoms with van der Waals surface area (Å²) in [5.41, 5.74) is -0.941. The van der Waals surface area contributed by atoms with Gasteiger partial charge < -0.3 is 14.7 Å². The van der Waals surface area contributed by atoms with Crippen molar-refractivity contribution in [3.8, 4) is 11.3 Å². The Hall–Kier alpha value is -4.04. The van der Waals surface area contributed by atoms with Gasteiger partial charge in [0, 0.05) is 27.9 Å². The molecule has 2 heterocycles. The van der Waals surface area contributed by atoms with Crippen LogP contribution in [0.15, 0.2) is 82.0 Å². The van der Waals surface area contributed by atoms with Gasteiger partial charge in [-0.05, 0) is 30.3 Å². The summed E-state index contributed by atoms with van der Waals surface area (Å²) in [6.07, 6.45) is -4.71. The van der Waals surface area contributed by atoms with E-state index in [4.69, 9.17) is 16.0 Å². The van der Waals surface area contributed by atoms with Crippen LogP contribution in [0.3, 0.4) is 0 Å². The Morgan fingerprint density at radius 3 is 2.47 bits per heavy atom. The molecule has 0 unspecified atom stereocenters. The number of furan rings is 1. The van der Waals surface area contributed by atoms with E-state index in [0.29, 0.717) is 21.9 Å². The Labute approximate surface area is 194 Å². The number of halogens is 4. The highest BCUT2D eigenvalue weighted by atomic mass is 35.5. The maximum Gasteiger partial charge on any atom is 0.416 e. The van der Waals surface area contributed by atoms with Gasteiger partial charge in [0.05, 0.1) is 21.8 Å². The van der Waals surface area contributed by atoms with Crippen LogP contribution >= 0.6 is 11.6 Å². The summed E-state index contributed by atoms with van der Waals surface area (Å²) in [5, 5.41) is 3.42. The average Bonchev–Trinajstić information content (AvgIpc) is 3.23. The van der Waals surface area contributed by atoms with Crippen LogP contribution in [0.5, 0.6) is 0 Å². The van der Waals surface area contributed by atoms with Gasteiger partial charge in [-0.1, -0.05) is 48.0 Å². The zero-order chi connectivity index (χ0) is 24.0. The van der Waals surface area contributed by atoms with Gasteiger partial charge in [-0.25, -0.2) is 0 Å². The molecule has 5 nitrogen and oxygen atoms in total. The summed E-state index contributed by atoms with van der Waals surface area (Å²) < 4.78 is 46.8. The average molecular weight is 483 g/mol. The summed E-state index contributed by atoms with van der Waals surface area (Å²) in [7, 11) is 0. The van der Waals surface area contributed by atoms with E-state index < -0.39 is 23.2 Å². The molecule has 0 aliphatic heterocycles. The van der Waals surface area contributed by atoms with Crippen molar-refractivity contribution in [2.75, 3.05) is 5.32 Å². The molecule has 0 atom stereocenters. The van der Waals surface area contributed by atoms with Gasteiger partial charge >= 0.3 is 6.18 Å². The molecule has 2 N–H and O–H groups in total. The minimum Gasteiger partial charge on any atom is -0.456 e. The summed E-state index contributed by atoms with van der Waals surface area (Å²) >= 11 is 6.46. The molecule has 1 amide bonds. The molecule has 3 aromatic carbocycles. The van der Waals surface area contributed by atoms with Crippen molar-refractivity contribution < 1.29 is 22.4 Å². The Bertz CT molecular complexity index is 1600. The van der Waals surface area contributed by atoms with Crippen LogP contribution in [-0.2, 0) is 6.18 Å². The molecule has 0 fully saturated rings. The molecule has 34 heavy (non-hydrogen) atoms. The van der Waals surface area contributed by atoms with Crippen molar-refractivity contribution >= 4 is 45.1 Å². The van der Waals surface area contributed by atoms with Crippen molar-refractivity contribution in [3.63, 3.8) is 0 Å². The van der Waals surface area contributed by atoms with Crippen molar-refractivity contribution in [2.24, 2.45) is 0 Å². The van der Waals surface area contributed by atoms with Crippen molar-refractivity contribution in [2.45, 2.75) is 6.18 Å².